The van der Waals surface area contributed by atoms with Crippen molar-refractivity contribution in [3.8, 4) is 34.3 Å². The van der Waals surface area contributed by atoms with Crippen molar-refractivity contribution in [3.63, 3.8) is 0 Å². The molecule has 5 rings (SSSR count). The number of phenols is 1. The number of amides is 1. The van der Waals surface area contributed by atoms with Crippen molar-refractivity contribution in [2.24, 2.45) is 0 Å². The third-order valence-electron chi connectivity index (χ3n) is 7.05. The maximum Gasteiger partial charge on any atom is 0.273 e. The Kier molecular flexibility index (Phi) is 7.71. The molecule has 1 aliphatic rings. The summed E-state index contributed by atoms with van der Waals surface area (Å²) in [6, 6.07) is 16.2. The smallest absolute Gasteiger partial charge is 0.273 e. The minimum Gasteiger partial charge on any atom is -0.507 e. The van der Waals surface area contributed by atoms with Gasteiger partial charge in [-0.15, -0.1) is 0 Å². The number of rotatable bonds is 10. The molecule has 0 aliphatic carbocycles. The third kappa shape index (κ3) is 4.98. The van der Waals surface area contributed by atoms with Gasteiger partial charge < -0.3 is 24.2 Å². The first-order valence-electron chi connectivity index (χ1n) is 12.8. The number of carbonyl (C=O) groups is 1. The second-order valence-corrected chi connectivity index (χ2v) is 9.90. The summed E-state index contributed by atoms with van der Waals surface area (Å²) in [6.45, 7) is 6.33. The van der Waals surface area contributed by atoms with Crippen molar-refractivity contribution in [1.82, 2.24) is 15.1 Å². The molecule has 0 radical (unpaired) electrons. The molecule has 0 fully saturated rings. The molecular formula is C31H30ClN3O5. The number of hydrogen-bond donors (Lipinski definition) is 2. The van der Waals surface area contributed by atoms with Gasteiger partial charge in [0.05, 0.1) is 20.3 Å². The van der Waals surface area contributed by atoms with Crippen LogP contribution in [0.3, 0.4) is 0 Å². The van der Waals surface area contributed by atoms with Crippen molar-refractivity contribution in [3.05, 3.63) is 100 Å². The Morgan fingerprint density at radius 1 is 1.10 bits per heavy atom. The number of nitrogens with one attached hydrogen (secondary N) is 1. The van der Waals surface area contributed by atoms with Crippen molar-refractivity contribution >= 4 is 17.5 Å². The summed E-state index contributed by atoms with van der Waals surface area (Å²) in [5, 5.41) is 18.7. The van der Waals surface area contributed by atoms with Gasteiger partial charge in [-0.25, -0.2) is 0 Å². The molecule has 9 heteroatoms. The van der Waals surface area contributed by atoms with Gasteiger partial charge in [-0.05, 0) is 66.4 Å². The van der Waals surface area contributed by atoms with Crippen molar-refractivity contribution < 1.29 is 24.1 Å². The molecule has 1 aliphatic heterocycles. The van der Waals surface area contributed by atoms with Crippen LogP contribution in [0.4, 0.5) is 0 Å². The molecule has 40 heavy (non-hydrogen) atoms. The highest BCUT2D eigenvalue weighted by molar-refractivity contribution is 6.31. The van der Waals surface area contributed by atoms with Crippen LogP contribution in [-0.4, -0.2) is 53.5 Å². The number of aromatic amines is 1. The summed E-state index contributed by atoms with van der Waals surface area (Å²) in [4.78, 5) is 15.6. The number of aromatic nitrogens is 2. The molecule has 0 saturated heterocycles. The number of phenolic OH excluding ortho intramolecular Hbond substituents is 1. The normalized spacial score (nSPS) is 14.2. The fraction of sp³-hybridized carbons (Fsp3) is 0.226. The molecule has 206 valence electrons. The van der Waals surface area contributed by atoms with Crippen LogP contribution in [-0.2, 0) is 6.42 Å². The molecular weight excluding hydrogens is 530 g/mol. The molecule has 0 saturated carbocycles. The molecule has 2 heterocycles. The molecule has 1 atom stereocenters. The first-order chi connectivity index (χ1) is 19.4. The molecule has 0 spiro atoms. The average molecular weight is 560 g/mol. The Labute approximate surface area is 237 Å². The number of ether oxygens (including phenoxy) is 3. The van der Waals surface area contributed by atoms with E-state index in [0.717, 1.165) is 16.7 Å². The van der Waals surface area contributed by atoms with Gasteiger partial charge in [0, 0.05) is 22.7 Å². The van der Waals surface area contributed by atoms with E-state index in [1.54, 1.807) is 32.4 Å². The second kappa shape index (κ2) is 11.4. The van der Waals surface area contributed by atoms with E-state index in [1.807, 2.05) is 54.3 Å². The minimum atomic E-state index is -0.454. The van der Waals surface area contributed by atoms with E-state index in [4.69, 9.17) is 25.8 Å². The van der Waals surface area contributed by atoms with Crippen LogP contribution in [0.1, 0.15) is 38.8 Å². The lowest BCUT2D eigenvalue weighted by Crippen LogP contribution is -2.31. The van der Waals surface area contributed by atoms with Gasteiger partial charge >= 0.3 is 0 Å². The first-order valence-corrected chi connectivity index (χ1v) is 13.2. The topological polar surface area (TPSA) is 96.9 Å². The number of halogens is 1. The lowest BCUT2D eigenvalue weighted by molar-refractivity contribution is 0.0746. The average Bonchev–Trinajstić information content (AvgIpc) is 3.51. The number of fused-ring (bicyclic) bond motifs is 1. The third-order valence-corrected chi connectivity index (χ3v) is 7.46. The van der Waals surface area contributed by atoms with Gasteiger partial charge in [-0.2, -0.15) is 5.10 Å². The molecule has 1 amide bonds. The Hall–Kier alpha value is -4.43. The standard InChI is InChI=1S/C31H30ClN3O5/c1-5-14-40-21-9-7-20(8-10-21)30-27-28(22-17-23(32)18(2)15-24(22)36)33-34-29(27)31(37)35(30)13-12-19-6-11-25(38-3)26(16-19)39-4/h5-11,15-17,30,36H,1,12-14H2,2-4H3,(H,33,34). The number of aryl methyl sites for hydroxylation is 1. The van der Waals surface area contributed by atoms with Crippen LogP contribution in [0, 0.1) is 6.92 Å². The summed E-state index contributed by atoms with van der Waals surface area (Å²) >= 11 is 6.42. The number of benzene rings is 3. The van der Waals surface area contributed by atoms with Gasteiger partial charge in [0.2, 0.25) is 0 Å². The molecule has 1 unspecified atom stereocenters. The largest absolute Gasteiger partial charge is 0.507 e. The number of H-pyrrole nitrogens is 1. The second-order valence-electron chi connectivity index (χ2n) is 9.49. The van der Waals surface area contributed by atoms with Gasteiger partial charge in [0.15, 0.2) is 11.5 Å². The van der Waals surface area contributed by atoms with Crippen molar-refractivity contribution in [1.29, 1.82) is 0 Å². The quantitative estimate of drug-likeness (QED) is 0.227. The Bertz CT molecular complexity index is 1560. The van der Waals surface area contributed by atoms with Gasteiger partial charge in [-0.1, -0.05) is 42.5 Å². The van der Waals surface area contributed by atoms with Crippen LogP contribution < -0.4 is 14.2 Å². The van der Waals surface area contributed by atoms with E-state index in [-0.39, 0.29) is 11.7 Å². The van der Waals surface area contributed by atoms with Crippen molar-refractivity contribution in [2.75, 3.05) is 27.4 Å². The fourth-order valence-electron chi connectivity index (χ4n) is 5.02. The van der Waals surface area contributed by atoms with Gasteiger partial charge in [0.1, 0.15) is 29.5 Å². The van der Waals surface area contributed by atoms with E-state index >= 15 is 0 Å². The summed E-state index contributed by atoms with van der Waals surface area (Å²) in [6.07, 6.45) is 2.26. The maximum atomic E-state index is 13.8. The first kappa shape index (κ1) is 27.1. The fourth-order valence-corrected chi connectivity index (χ4v) is 5.19. The molecule has 8 nitrogen and oxygen atoms in total. The SMILES string of the molecule is C=CCOc1ccc(C2c3c(-c4cc(Cl)c(C)cc4O)n[nH]c3C(=O)N2CCc2ccc(OC)c(OC)c2)cc1. The van der Waals surface area contributed by atoms with Crippen molar-refractivity contribution in [2.45, 2.75) is 19.4 Å². The van der Waals surface area contributed by atoms with Crippen LogP contribution in [0.15, 0.2) is 67.3 Å². The van der Waals surface area contributed by atoms with E-state index in [1.165, 1.54) is 0 Å². The summed E-state index contributed by atoms with van der Waals surface area (Å²) in [7, 11) is 3.19. The minimum absolute atomic E-state index is 0.0411. The van der Waals surface area contributed by atoms with E-state index in [9.17, 15) is 9.90 Å². The van der Waals surface area contributed by atoms with E-state index in [0.29, 0.717) is 64.4 Å². The Morgan fingerprint density at radius 2 is 1.85 bits per heavy atom. The molecule has 1 aromatic heterocycles. The van der Waals surface area contributed by atoms with Crippen LogP contribution in [0.5, 0.6) is 23.0 Å². The summed E-state index contributed by atoms with van der Waals surface area (Å²) in [5.74, 6) is 1.83. The number of hydrogen-bond acceptors (Lipinski definition) is 6. The van der Waals surface area contributed by atoms with Crippen LogP contribution in [0.25, 0.3) is 11.3 Å². The zero-order valence-corrected chi connectivity index (χ0v) is 23.3. The molecule has 4 aromatic rings. The zero-order chi connectivity index (χ0) is 28.4. The van der Waals surface area contributed by atoms with Gasteiger partial charge in [0.25, 0.3) is 5.91 Å². The van der Waals surface area contributed by atoms with E-state index < -0.39 is 6.04 Å². The number of aromatic hydroxyl groups is 1. The molecule has 3 aromatic carbocycles. The predicted molar refractivity (Wildman–Crippen MR) is 154 cm³/mol. The lowest BCUT2D eigenvalue weighted by Gasteiger charge is -2.27. The molecule has 2 N–H and O–H groups in total. The van der Waals surface area contributed by atoms with E-state index in [2.05, 4.69) is 16.8 Å². The highest BCUT2D eigenvalue weighted by Gasteiger charge is 2.42. The summed E-state index contributed by atoms with van der Waals surface area (Å²) < 4.78 is 16.5. The lowest BCUT2D eigenvalue weighted by atomic mass is 9.95. The monoisotopic (exact) mass is 559 g/mol. The van der Waals surface area contributed by atoms with Crippen LogP contribution in [0.2, 0.25) is 5.02 Å². The van der Waals surface area contributed by atoms with Gasteiger partial charge in [-0.3, -0.25) is 9.89 Å². The molecule has 0 bridgehead atoms. The number of nitrogens with zero attached hydrogens (tertiary/aromatic N) is 2. The maximum absolute atomic E-state index is 13.8. The number of carbonyl (C=O) groups excluding carboxylic acids is 1. The predicted octanol–water partition coefficient (Wildman–Crippen LogP) is 6.11. The van der Waals surface area contributed by atoms with Crippen LogP contribution >= 0.6 is 11.6 Å². The summed E-state index contributed by atoms with van der Waals surface area (Å²) in [5.41, 5.74) is 4.63. The zero-order valence-electron chi connectivity index (χ0n) is 22.5. The highest BCUT2D eigenvalue weighted by Crippen LogP contribution is 2.45. The Morgan fingerprint density at radius 3 is 2.55 bits per heavy atom. The highest BCUT2D eigenvalue weighted by atomic mass is 35.5. The number of methoxy groups -OCH3 is 2. The Balaban J connectivity index is 1.55.